The van der Waals surface area contributed by atoms with E-state index in [0.717, 1.165) is 48.5 Å². The summed E-state index contributed by atoms with van der Waals surface area (Å²) in [5.74, 6) is 1.36. The van der Waals surface area contributed by atoms with Crippen LogP contribution in [0.2, 0.25) is 0 Å². The summed E-state index contributed by atoms with van der Waals surface area (Å²) in [7, 11) is 3.42. The quantitative estimate of drug-likeness (QED) is 0.772. The highest BCUT2D eigenvalue weighted by atomic mass is 79.9. The molecular weight excluding hydrogens is 322 g/mol. The number of rotatable bonds is 7. The van der Waals surface area contributed by atoms with Gasteiger partial charge in [0.15, 0.2) is 0 Å². The van der Waals surface area contributed by atoms with Crippen molar-refractivity contribution >= 4 is 15.9 Å². The second-order valence-electron chi connectivity index (χ2n) is 4.92. The zero-order chi connectivity index (χ0) is 14.4. The van der Waals surface area contributed by atoms with Gasteiger partial charge in [0.1, 0.15) is 5.75 Å². The number of hydrogen-bond donors (Lipinski definition) is 1. The largest absolute Gasteiger partial charge is 0.496 e. The molecule has 0 bridgehead atoms. The molecule has 1 aromatic carbocycles. The molecule has 0 radical (unpaired) electrons. The maximum atomic E-state index is 5.93. The second-order valence-corrected chi connectivity index (χ2v) is 5.84. The molecule has 2 unspecified atom stereocenters. The average molecular weight is 344 g/mol. The van der Waals surface area contributed by atoms with Gasteiger partial charge < -0.3 is 19.5 Å². The number of hydrogen-bond acceptors (Lipinski definition) is 4. The van der Waals surface area contributed by atoms with Crippen LogP contribution in [-0.2, 0) is 9.47 Å². The van der Waals surface area contributed by atoms with E-state index in [9.17, 15) is 0 Å². The predicted molar refractivity (Wildman–Crippen MR) is 82.2 cm³/mol. The van der Waals surface area contributed by atoms with Crippen molar-refractivity contribution in [2.45, 2.75) is 12.5 Å². The molecule has 1 heterocycles. The first-order valence-electron chi connectivity index (χ1n) is 6.91. The minimum Gasteiger partial charge on any atom is -0.496 e. The van der Waals surface area contributed by atoms with E-state index < -0.39 is 0 Å². The third-order valence-electron chi connectivity index (χ3n) is 3.60. The van der Waals surface area contributed by atoms with Crippen molar-refractivity contribution in [3.05, 3.63) is 28.2 Å². The highest BCUT2D eigenvalue weighted by Crippen LogP contribution is 2.39. The lowest BCUT2D eigenvalue weighted by atomic mass is 9.94. The van der Waals surface area contributed by atoms with E-state index in [1.165, 1.54) is 0 Å². The van der Waals surface area contributed by atoms with E-state index in [-0.39, 0.29) is 6.10 Å². The molecule has 1 saturated heterocycles. The van der Waals surface area contributed by atoms with Crippen LogP contribution in [0.25, 0.3) is 0 Å². The van der Waals surface area contributed by atoms with Crippen molar-refractivity contribution in [3.63, 3.8) is 0 Å². The highest BCUT2D eigenvalue weighted by molar-refractivity contribution is 9.10. The van der Waals surface area contributed by atoms with Crippen LogP contribution in [0, 0.1) is 5.92 Å². The van der Waals surface area contributed by atoms with Gasteiger partial charge in [-0.3, -0.25) is 0 Å². The Morgan fingerprint density at radius 1 is 1.40 bits per heavy atom. The molecule has 0 saturated carbocycles. The minimum atomic E-state index is 0.0949. The Hall–Kier alpha value is -0.620. The van der Waals surface area contributed by atoms with E-state index in [2.05, 4.69) is 27.3 Å². The van der Waals surface area contributed by atoms with Crippen LogP contribution in [0.3, 0.4) is 0 Å². The Labute approximate surface area is 128 Å². The molecule has 112 valence electrons. The normalized spacial score (nSPS) is 22.1. The summed E-state index contributed by atoms with van der Waals surface area (Å²) in [5.41, 5.74) is 1.12. The summed E-state index contributed by atoms with van der Waals surface area (Å²) in [6.45, 7) is 3.34. The molecule has 1 N–H and O–H groups in total. The van der Waals surface area contributed by atoms with Gasteiger partial charge in [-0.15, -0.1) is 0 Å². The standard InChI is InChI=1S/C15H22BrNO3/c1-18-8-6-17-10-11-5-7-20-15(11)13-9-12(16)3-4-14(13)19-2/h3-4,9,11,15,17H,5-8,10H2,1-2H3. The first-order valence-corrected chi connectivity index (χ1v) is 7.70. The summed E-state index contributed by atoms with van der Waals surface area (Å²) in [6.07, 6.45) is 1.16. The predicted octanol–water partition coefficient (Wildman–Crippen LogP) is 2.77. The summed E-state index contributed by atoms with van der Waals surface area (Å²) < 4.78 is 17.5. The van der Waals surface area contributed by atoms with Crippen LogP contribution in [0.5, 0.6) is 5.75 Å². The molecule has 1 aliphatic heterocycles. The van der Waals surface area contributed by atoms with Crippen LogP contribution < -0.4 is 10.1 Å². The van der Waals surface area contributed by atoms with Crippen LogP contribution in [-0.4, -0.2) is 40.5 Å². The average Bonchev–Trinajstić information content (AvgIpc) is 2.92. The monoisotopic (exact) mass is 343 g/mol. The van der Waals surface area contributed by atoms with Gasteiger partial charge in [0.25, 0.3) is 0 Å². The van der Waals surface area contributed by atoms with Crippen LogP contribution in [0.1, 0.15) is 18.1 Å². The summed E-state index contributed by atoms with van der Waals surface area (Å²) in [6, 6.07) is 6.07. The molecule has 1 aromatic rings. The lowest BCUT2D eigenvalue weighted by Crippen LogP contribution is -2.27. The Morgan fingerprint density at radius 3 is 3.00 bits per heavy atom. The molecule has 1 fully saturated rings. The Balaban J connectivity index is 2.04. The molecule has 0 spiro atoms. The first-order chi connectivity index (χ1) is 9.76. The van der Waals surface area contributed by atoms with Gasteiger partial charge in [0, 0.05) is 42.8 Å². The lowest BCUT2D eigenvalue weighted by Gasteiger charge is -2.21. The molecule has 2 atom stereocenters. The smallest absolute Gasteiger partial charge is 0.124 e. The van der Waals surface area contributed by atoms with Gasteiger partial charge in [-0.2, -0.15) is 0 Å². The third-order valence-corrected chi connectivity index (χ3v) is 4.10. The second kappa shape index (κ2) is 7.98. The third kappa shape index (κ3) is 3.95. The summed E-state index contributed by atoms with van der Waals surface area (Å²) in [5, 5.41) is 3.42. The summed E-state index contributed by atoms with van der Waals surface area (Å²) in [4.78, 5) is 0. The SMILES string of the molecule is COCCNCC1CCOC1c1cc(Br)ccc1OC. The van der Waals surface area contributed by atoms with Gasteiger partial charge in [-0.05, 0) is 24.6 Å². The van der Waals surface area contributed by atoms with Crippen molar-refractivity contribution in [1.29, 1.82) is 0 Å². The van der Waals surface area contributed by atoms with Crippen LogP contribution in [0.4, 0.5) is 0 Å². The zero-order valence-electron chi connectivity index (χ0n) is 12.0. The molecule has 2 rings (SSSR count). The van der Waals surface area contributed by atoms with Gasteiger partial charge in [0.05, 0.1) is 19.8 Å². The van der Waals surface area contributed by atoms with Gasteiger partial charge in [-0.1, -0.05) is 15.9 Å². The van der Waals surface area contributed by atoms with E-state index in [4.69, 9.17) is 14.2 Å². The summed E-state index contributed by atoms with van der Waals surface area (Å²) >= 11 is 3.52. The maximum absolute atomic E-state index is 5.93. The van der Waals surface area contributed by atoms with E-state index in [1.54, 1.807) is 14.2 Å². The Bertz CT molecular complexity index is 428. The molecule has 0 aliphatic carbocycles. The molecule has 0 amide bonds. The van der Waals surface area contributed by atoms with Crippen molar-refractivity contribution < 1.29 is 14.2 Å². The molecular formula is C15H22BrNO3. The molecule has 0 aromatic heterocycles. The molecule has 5 heteroatoms. The van der Waals surface area contributed by atoms with E-state index in [0.29, 0.717) is 5.92 Å². The zero-order valence-corrected chi connectivity index (χ0v) is 13.6. The van der Waals surface area contributed by atoms with Gasteiger partial charge >= 0.3 is 0 Å². The van der Waals surface area contributed by atoms with Crippen molar-refractivity contribution in [2.24, 2.45) is 5.92 Å². The van der Waals surface area contributed by atoms with Gasteiger partial charge in [-0.25, -0.2) is 0 Å². The number of halogens is 1. The highest BCUT2D eigenvalue weighted by Gasteiger charge is 2.31. The van der Waals surface area contributed by atoms with Crippen LogP contribution in [0.15, 0.2) is 22.7 Å². The fourth-order valence-corrected chi connectivity index (χ4v) is 2.95. The number of methoxy groups -OCH3 is 2. The lowest BCUT2D eigenvalue weighted by molar-refractivity contribution is 0.0876. The van der Waals surface area contributed by atoms with E-state index in [1.807, 2.05) is 12.1 Å². The minimum absolute atomic E-state index is 0.0949. The molecule has 4 nitrogen and oxygen atoms in total. The van der Waals surface area contributed by atoms with Crippen molar-refractivity contribution in [3.8, 4) is 5.75 Å². The topological polar surface area (TPSA) is 39.7 Å². The fourth-order valence-electron chi connectivity index (χ4n) is 2.58. The number of ether oxygens (including phenoxy) is 3. The Morgan fingerprint density at radius 2 is 2.25 bits per heavy atom. The number of benzene rings is 1. The first kappa shape index (κ1) is 15.8. The Kier molecular flexibility index (Phi) is 6.29. The number of nitrogens with one attached hydrogen (secondary N) is 1. The van der Waals surface area contributed by atoms with E-state index >= 15 is 0 Å². The molecule has 1 aliphatic rings. The fraction of sp³-hybridized carbons (Fsp3) is 0.600. The van der Waals surface area contributed by atoms with Crippen molar-refractivity contribution in [1.82, 2.24) is 5.32 Å². The van der Waals surface area contributed by atoms with Crippen LogP contribution >= 0.6 is 15.9 Å². The maximum Gasteiger partial charge on any atom is 0.124 e. The molecule has 20 heavy (non-hydrogen) atoms. The van der Waals surface area contributed by atoms with Crippen molar-refractivity contribution in [2.75, 3.05) is 40.5 Å². The van der Waals surface area contributed by atoms with Gasteiger partial charge in [0.2, 0.25) is 0 Å².